The Morgan fingerprint density at radius 1 is 1.22 bits per heavy atom. The summed E-state index contributed by atoms with van der Waals surface area (Å²) in [5.41, 5.74) is 3.14. The third-order valence-corrected chi connectivity index (χ3v) is 4.35. The van der Waals surface area contributed by atoms with Crippen LogP contribution in [0.2, 0.25) is 0 Å². The van der Waals surface area contributed by atoms with Crippen LogP contribution in [-0.4, -0.2) is 24.0 Å². The van der Waals surface area contributed by atoms with E-state index in [9.17, 15) is 14.9 Å². The van der Waals surface area contributed by atoms with Gasteiger partial charge in [-0.2, -0.15) is 5.26 Å². The first-order valence-electron chi connectivity index (χ1n) is 8.46. The summed E-state index contributed by atoms with van der Waals surface area (Å²) >= 11 is 0. The fourth-order valence-corrected chi connectivity index (χ4v) is 2.63. The number of nitriles is 1. The van der Waals surface area contributed by atoms with Crippen molar-refractivity contribution in [2.24, 2.45) is 0 Å². The smallest absolute Gasteiger partial charge is 0.276 e. The number of nitro groups is 1. The number of anilines is 1. The molecule has 7 heteroatoms. The molecule has 1 amide bonds. The van der Waals surface area contributed by atoms with Gasteiger partial charge in [0.05, 0.1) is 23.0 Å². The maximum Gasteiger partial charge on any atom is 0.276 e. The molecular formula is C20H21N3O4. The number of nitro benzene ring substituents is 1. The minimum Gasteiger partial charge on any atom is -0.483 e. The molecule has 0 bridgehead atoms. The number of hydrogen-bond acceptors (Lipinski definition) is 5. The number of amides is 1. The van der Waals surface area contributed by atoms with E-state index in [4.69, 9.17) is 10.00 Å². The molecule has 0 heterocycles. The fraction of sp³-hybridized carbons (Fsp3) is 0.300. The average molecular weight is 367 g/mol. The molecule has 0 saturated carbocycles. The molecule has 27 heavy (non-hydrogen) atoms. The summed E-state index contributed by atoms with van der Waals surface area (Å²) in [5, 5.41) is 19.9. The van der Waals surface area contributed by atoms with Crippen molar-refractivity contribution in [3.8, 4) is 11.8 Å². The molecule has 0 N–H and O–H groups in total. The third-order valence-electron chi connectivity index (χ3n) is 4.35. The second-order valence-corrected chi connectivity index (χ2v) is 6.17. The van der Waals surface area contributed by atoms with E-state index >= 15 is 0 Å². The first kappa shape index (κ1) is 19.9. The molecule has 0 saturated heterocycles. The predicted octanol–water partition coefficient (Wildman–Crippen LogP) is 3.85. The summed E-state index contributed by atoms with van der Waals surface area (Å²) in [6, 6.07) is 12.2. The minimum atomic E-state index is -0.488. The van der Waals surface area contributed by atoms with Crippen LogP contribution in [0.3, 0.4) is 0 Å². The summed E-state index contributed by atoms with van der Waals surface area (Å²) in [6.07, 6.45) is 0.189. The van der Waals surface area contributed by atoms with Gasteiger partial charge in [-0.3, -0.25) is 14.9 Å². The summed E-state index contributed by atoms with van der Waals surface area (Å²) in [4.78, 5) is 24.7. The van der Waals surface area contributed by atoms with Gasteiger partial charge in [0.15, 0.2) is 6.61 Å². The fourth-order valence-electron chi connectivity index (χ4n) is 2.63. The Hall–Kier alpha value is -3.40. The van der Waals surface area contributed by atoms with Crippen molar-refractivity contribution < 1.29 is 14.5 Å². The quantitative estimate of drug-likeness (QED) is 0.547. The van der Waals surface area contributed by atoms with Crippen LogP contribution < -0.4 is 9.64 Å². The molecule has 0 atom stereocenters. The van der Waals surface area contributed by atoms with E-state index in [1.807, 2.05) is 38.1 Å². The molecular weight excluding hydrogens is 346 g/mol. The number of carbonyl (C=O) groups is 1. The molecule has 0 aliphatic rings. The third kappa shape index (κ3) is 4.82. The van der Waals surface area contributed by atoms with Crippen LogP contribution in [0, 0.1) is 42.2 Å². The number of benzene rings is 2. The summed E-state index contributed by atoms with van der Waals surface area (Å²) in [6.45, 7) is 5.48. The molecule has 2 rings (SSSR count). The number of rotatable bonds is 7. The van der Waals surface area contributed by atoms with E-state index in [2.05, 4.69) is 0 Å². The monoisotopic (exact) mass is 367 g/mol. The second kappa shape index (κ2) is 8.81. The minimum absolute atomic E-state index is 0.0598. The Morgan fingerprint density at radius 3 is 2.59 bits per heavy atom. The van der Waals surface area contributed by atoms with Crippen LogP contribution in [-0.2, 0) is 4.79 Å². The van der Waals surface area contributed by atoms with Gasteiger partial charge in [-0.15, -0.1) is 0 Å². The Morgan fingerprint density at radius 2 is 1.96 bits per heavy atom. The Kier molecular flexibility index (Phi) is 6.50. The highest BCUT2D eigenvalue weighted by molar-refractivity contribution is 5.94. The van der Waals surface area contributed by atoms with E-state index in [1.165, 1.54) is 17.0 Å². The molecule has 2 aromatic rings. The van der Waals surface area contributed by atoms with Crippen molar-refractivity contribution in [1.82, 2.24) is 0 Å². The largest absolute Gasteiger partial charge is 0.483 e. The maximum atomic E-state index is 12.7. The highest BCUT2D eigenvalue weighted by Crippen LogP contribution is 2.27. The maximum absolute atomic E-state index is 12.7. The first-order chi connectivity index (χ1) is 12.8. The van der Waals surface area contributed by atoms with E-state index < -0.39 is 4.92 Å². The summed E-state index contributed by atoms with van der Waals surface area (Å²) < 4.78 is 5.55. The van der Waals surface area contributed by atoms with E-state index in [0.717, 1.165) is 11.1 Å². The van der Waals surface area contributed by atoms with Gasteiger partial charge in [-0.1, -0.05) is 12.1 Å². The van der Waals surface area contributed by atoms with Gasteiger partial charge in [0, 0.05) is 18.3 Å². The lowest BCUT2D eigenvalue weighted by molar-refractivity contribution is -0.385. The summed E-state index contributed by atoms with van der Waals surface area (Å²) in [5.74, 6) is -0.0303. The van der Waals surface area contributed by atoms with E-state index in [0.29, 0.717) is 11.3 Å². The van der Waals surface area contributed by atoms with Crippen LogP contribution in [0.4, 0.5) is 11.4 Å². The van der Waals surface area contributed by atoms with Gasteiger partial charge < -0.3 is 9.64 Å². The zero-order valence-electron chi connectivity index (χ0n) is 15.6. The molecule has 0 fully saturated rings. The topological polar surface area (TPSA) is 96.5 Å². The Balaban J connectivity index is 2.19. The zero-order valence-corrected chi connectivity index (χ0v) is 15.6. The van der Waals surface area contributed by atoms with Crippen LogP contribution >= 0.6 is 0 Å². The van der Waals surface area contributed by atoms with Gasteiger partial charge in [0.25, 0.3) is 11.6 Å². The first-order valence-corrected chi connectivity index (χ1v) is 8.46. The highest BCUT2D eigenvalue weighted by atomic mass is 16.6. The van der Waals surface area contributed by atoms with Gasteiger partial charge in [-0.25, -0.2) is 0 Å². The molecule has 140 valence electrons. The van der Waals surface area contributed by atoms with E-state index in [1.54, 1.807) is 13.0 Å². The molecule has 2 aromatic carbocycles. The average Bonchev–Trinajstić information content (AvgIpc) is 2.63. The van der Waals surface area contributed by atoms with Gasteiger partial charge in [0.2, 0.25) is 0 Å². The lowest BCUT2D eigenvalue weighted by Gasteiger charge is -2.23. The number of nitrogens with zero attached hydrogens (tertiary/aromatic N) is 3. The molecule has 0 radical (unpaired) electrons. The molecule has 0 aliphatic heterocycles. The molecule has 7 nitrogen and oxygen atoms in total. The van der Waals surface area contributed by atoms with Crippen LogP contribution in [0.1, 0.15) is 23.1 Å². The zero-order chi connectivity index (χ0) is 20.0. The second-order valence-electron chi connectivity index (χ2n) is 6.17. The Labute approximate surface area is 157 Å². The van der Waals surface area contributed by atoms with Crippen LogP contribution in [0.25, 0.3) is 0 Å². The molecule has 0 unspecified atom stereocenters. The molecule has 0 spiro atoms. The summed E-state index contributed by atoms with van der Waals surface area (Å²) in [7, 11) is 0. The highest BCUT2D eigenvalue weighted by Gasteiger charge is 2.19. The Bertz CT molecular complexity index is 903. The standard InChI is InChI=1S/C20H21N3O4/c1-14-8-9-17(12-15(14)2)22(11-5-10-21)20(24)13-27-19-7-4-6-18(16(19)3)23(25)26/h4,6-9,12H,5,11,13H2,1-3H3. The number of ether oxygens (including phenoxy) is 1. The van der Waals surface area contributed by atoms with Gasteiger partial charge >= 0.3 is 0 Å². The lowest BCUT2D eigenvalue weighted by atomic mass is 10.1. The van der Waals surface area contributed by atoms with E-state index in [-0.39, 0.29) is 36.9 Å². The van der Waals surface area contributed by atoms with Crippen molar-refractivity contribution in [2.75, 3.05) is 18.1 Å². The normalized spacial score (nSPS) is 10.1. The van der Waals surface area contributed by atoms with Gasteiger partial charge in [0.1, 0.15) is 5.75 Å². The SMILES string of the molecule is Cc1ccc(N(CCC#N)C(=O)COc2cccc([N+](=O)[O-])c2C)cc1C. The van der Waals surface area contributed by atoms with Crippen molar-refractivity contribution in [1.29, 1.82) is 5.26 Å². The number of carbonyl (C=O) groups excluding carboxylic acids is 1. The van der Waals surface area contributed by atoms with Crippen molar-refractivity contribution >= 4 is 17.3 Å². The van der Waals surface area contributed by atoms with Gasteiger partial charge in [-0.05, 0) is 50.1 Å². The molecule has 0 aromatic heterocycles. The predicted molar refractivity (Wildman–Crippen MR) is 102 cm³/mol. The number of hydrogen-bond donors (Lipinski definition) is 0. The van der Waals surface area contributed by atoms with Crippen molar-refractivity contribution in [3.05, 3.63) is 63.2 Å². The van der Waals surface area contributed by atoms with Crippen molar-refractivity contribution in [3.63, 3.8) is 0 Å². The molecule has 0 aliphatic carbocycles. The van der Waals surface area contributed by atoms with Crippen LogP contribution in [0.15, 0.2) is 36.4 Å². The lowest BCUT2D eigenvalue weighted by Crippen LogP contribution is -2.35. The van der Waals surface area contributed by atoms with Crippen molar-refractivity contribution in [2.45, 2.75) is 27.2 Å². The van der Waals surface area contributed by atoms with Crippen LogP contribution in [0.5, 0.6) is 5.75 Å². The number of aryl methyl sites for hydroxylation is 2.